The molecule has 1 heterocycles. The maximum absolute atomic E-state index is 12.4. The number of aryl methyl sites for hydroxylation is 1. The summed E-state index contributed by atoms with van der Waals surface area (Å²) in [5.74, 6) is -0.861. The first-order valence-corrected chi connectivity index (χ1v) is 9.36. The third kappa shape index (κ3) is 4.71. The number of carboxylic acids is 1. The van der Waals surface area contributed by atoms with Crippen LogP contribution in [-0.2, 0) is 4.79 Å². The van der Waals surface area contributed by atoms with E-state index >= 15 is 0 Å². The van der Waals surface area contributed by atoms with Crippen LogP contribution in [0.25, 0.3) is 17.4 Å². The zero-order valence-electron chi connectivity index (χ0n) is 15.6. The fourth-order valence-corrected chi connectivity index (χ4v) is 3.01. The van der Waals surface area contributed by atoms with Gasteiger partial charge in [-0.25, -0.2) is 4.79 Å². The van der Waals surface area contributed by atoms with Gasteiger partial charge in [0.05, 0.1) is 15.6 Å². The molecule has 1 aromatic heterocycles. The Balaban J connectivity index is 1.83. The summed E-state index contributed by atoms with van der Waals surface area (Å²) in [5, 5.41) is 21.6. The fourth-order valence-electron chi connectivity index (χ4n) is 2.71. The number of amides is 1. The number of carbonyl (C=O) groups excluding carboxylic acids is 1. The predicted molar refractivity (Wildman–Crippen MR) is 115 cm³/mol. The summed E-state index contributed by atoms with van der Waals surface area (Å²) < 4.78 is 5.72. The number of halogens is 2. The van der Waals surface area contributed by atoms with Crippen LogP contribution < -0.4 is 5.32 Å². The molecule has 0 bridgehead atoms. The van der Waals surface area contributed by atoms with Crippen molar-refractivity contribution in [1.82, 2.24) is 0 Å². The number of carbonyl (C=O) groups is 2. The van der Waals surface area contributed by atoms with Crippen LogP contribution in [0.3, 0.4) is 0 Å². The molecule has 30 heavy (non-hydrogen) atoms. The smallest absolute Gasteiger partial charge is 0.335 e. The average Bonchev–Trinajstić information content (AvgIpc) is 3.17. The maximum Gasteiger partial charge on any atom is 0.335 e. The summed E-state index contributed by atoms with van der Waals surface area (Å²) in [5.41, 5.74) is 1.83. The first-order chi connectivity index (χ1) is 14.3. The molecule has 0 unspecified atom stereocenters. The molecule has 0 spiro atoms. The van der Waals surface area contributed by atoms with Crippen LogP contribution >= 0.6 is 23.2 Å². The Morgan fingerprint density at radius 3 is 2.50 bits per heavy atom. The molecule has 0 atom stereocenters. The normalized spacial score (nSPS) is 11.1. The number of carboxylic acid groups (broad SMARTS) is 1. The highest BCUT2D eigenvalue weighted by molar-refractivity contribution is 6.42. The monoisotopic (exact) mass is 440 g/mol. The Labute approximate surface area is 182 Å². The van der Waals surface area contributed by atoms with Crippen LogP contribution in [0.5, 0.6) is 0 Å². The van der Waals surface area contributed by atoms with Gasteiger partial charge in [-0.3, -0.25) is 4.79 Å². The number of benzene rings is 2. The highest BCUT2D eigenvalue weighted by Gasteiger charge is 2.14. The lowest BCUT2D eigenvalue weighted by atomic mass is 10.0. The van der Waals surface area contributed by atoms with E-state index in [0.717, 1.165) is 5.56 Å². The molecule has 0 aliphatic rings. The van der Waals surface area contributed by atoms with Crippen molar-refractivity contribution in [2.45, 2.75) is 6.92 Å². The Hall–Kier alpha value is -3.53. The highest BCUT2D eigenvalue weighted by Crippen LogP contribution is 2.28. The third-order valence-electron chi connectivity index (χ3n) is 4.19. The Morgan fingerprint density at radius 1 is 1.10 bits per heavy atom. The molecule has 3 rings (SSSR count). The summed E-state index contributed by atoms with van der Waals surface area (Å²) in [4.78, 5) is 23.5. The van der Waals surface area contributed by atoms with E-state index in [9.17, 15) is 14.9 Å². The summed E-state index contributed by atoms with van der Waals surface area (Å²) in [6.07, 6.45) is 1.32. The topological polar surface area (TPSA) is 103 Å². The summed E-state index contributed by atoms with van der Waals surface area (Å²) in [7, 11) is 0. The van der Waals surface area contributed by atoms with Crippen molar-refractivity contribution >= 4 is 46.8 Å². The van der Waals surface area contributed by atoms with Gasteiger partial charge in [0.15, 0.2) is 0 Å². The van der Waals surface area contributed by atoms with Crippen molar-refractivity contribution in [3.63, 3.8) is 0 Å². The number of nitrogens with zero attached hydrogens (tertiary/aromatic N) is 1. The number of furan rings is 1. The molecule has 0 saturated heterocycles. The van der Waals surface area contributed by atoms with Gasteiger partial charge in [0.1, 0.15) is 23.2 Å². The molecule has 0 saturated carbocycles. The quantitative estimate of drug-likeness (QED) is 0.385. The first-order valence-electron chi connectivity index (χ1n) is 8.61. The lowest BCUT2D eigenvalue weighted by molar-refractivity contribution is -0.112. The van der Waals surface area contributed by atoms with Crippen molar-refractivity contribution in [3.05, 3.63) is 81.0 Å². The second kappa shape index (κ2) is 8.87. The molecule has 0 fully saturated rings. The second-order valence-electron chi connectivity index (χ2n) is 6.29. The minimum absolute atomic E-state index is 0.167. The number of hydrogen-bond donors (Lipinski definition) is 2. The van der Waals surface area contributed by atoms with E-state index in [0.29, 0.717) is 27.8 Å². The van der Waals surface area contributed by atoms with E-state index in [1.165, 1.54) is 24.3 Å². The van der Waals surface area contributed by atoms with Crippen molar-refractivity contribution in [3.8, 4) is 17.4 Å². The zero-order chi connectivity index (χ0) is 21.8. The van der Waals surface area contributed by atoms with Gasteiger partial charge in [-0.15, -0.1) is 0 Å². The van der Waals surface area contributed by atoms with Crippen LogP contribution in [0.2, 0.25) is 10.0 Å². The van der Waals surface area contributed by atoms with Crippen molar-refractivity contribution in [2.24, 2.45) is 0 Å². The van der Waals surface area contributed by atoms with Gasteiger partial charge in [-0.05, 0) is 55.0 Å². The zero-order valence-corrected chi connectivity index (χ0v) is 17.1. The number of nitrogens with one attached hydrogen (secondary N) is 1. The molecular weight excluding hydrogens is 427 g/mol. The lowest BCUT2D eigenvalue weighted by Crippen LogP contribution is -2.13. The maximum atomic E-state index is 12.4. The molecule has 8 heteroatoms. The molecule has 150 valence electrons. The first kappa shape index (κ1) is 21.2. The van der Waals surface area contributed by atoms with E-state index < -0.39 is 11.9 Å². The Morgan fingerprint density at radius 2 is 1.87 bits per heavy atom. The Kier molecular flexibility index (Phi) is 6.26. The molecular formula is C22H14Cl2N2O4. The van der Waals surface area contributed by atoms with Crippen LogP contribution in [0.4, 0.5) is 5.69 Å². The van der Waals surface area contributed by atoms with Crippen LogP contribution in [-0.4, -0.2) is 17.0 Å². The van der Waals surface area contributed by atoms with E-state index in [1.54, 1.807) is 37.3 Å². The minimum Gasteiger partial charge on any atom is -0.478 e. The van der Waals surface area contributed by atoms with Crippen LogP contribution in [0, 0.1) is 18.3 Å². The fraction of sp³-hybridized carbons (Fsp3) is 0.0455. The SMILES string of the molecule is Cc1cc(C(=O)O)ccc1-c1ccc(/C=C(/C#N)C(=O)Nc2ccc(Cl)c(Cl)c2)o1. The van der Waals surface area contributed by atoms with Crippen molar-refractivity contribution in [1.29, 1.82) is 5.26 Å². The standard InChI is InChI=1S/C22H14Cl2N2O4/c1-12-8-13(22(28)29)2-5-17(12)20-7-4-16(30-20)9-14(11-25)21(27)26-15-3-6-18(23)19(24)10-15/h2-10H,1H3,(H,26,27)(H,28,29)/b14-9-. The van der Waals surface area contributed by atoms with E-state index in [2.05, 4.69) is 5.32 Å². The van der Waals surface area contributed by atoms with Gasteiger partial charge in [0, 0.05) is 17.3 Å². The summed E-state index contributed by atoms with van der Waals surface area (Å²) >= 11 is 11.8. The Bertz CT molecular complexity index is 1220. The molecule has 0 radical (unpaired) electrons. The molecule has 2 aromatic carbocycles. The third-order valence-corrected chi connectivity index (χ3v) is 4.93. The number of rotatable bonds is 5. The van der Waals surface area contributed by atoms with E-state index in [4.69, 9.17) is 32.7 Å². The number of aromatic carboxylic acids is 1. The average molecular weight is 441 g/mol. The molecule has 0 aliphatic carbocycles. The van der Waals surface area contributed by atoms with Gasteiger partial charge in [0.2, 0.25) is 0 Å². The van der Waals surface area contributed by atoms with Gasteiger partial charge in [-0.2, -0.15) is 5.26 Å². The van der Waals surface area contributed by atoms with Gasteiger partial charge in [-0.1, -0.05) is 29.3 Å². The summed E-state index contributed by atoms with van der Waals surface area (Å²) in [6, 6.07) is 14.4. The minimum atomic E-state index is -1.01. The second-order valence-corrected chi connectivity index (χ2v) is 7.10. The van der Waals surface area contributed by atoms with E-state index in [1.807, 2.05) is 6.07 Å². The van der Waals surface area contributed by atoms with E-state index in [-0.39, 0.29) is 16.2 Å². The summed E-state index contributed by atoms with van der Waals surface area (Å²) in [6.45, 7) is 1.77. The van der Waals surface area contributed by atoms with Gasteiger partial charge < -0.3 is 14.8 Å². The molecule has 2 N–H and O–H groups in total. The number of nitriles is 1. The van der Waals surface area contributed by atoms with Crippen molar-refractivity contribution in [2.75, 3.05) is 5.32 Å². The number of anilines is 1. The molecule has 3 aromatic rings. The molecule has 1 amide bonds. The highest BCUT2D eigenvalue weighted by atomic mass is 35.5. The lowest BCUT2D eigenvalue weighted by Gasteiger charge is -2.05. The van der Waals surface area contributed by atoms with Crippen molar-refractivity contribution < 1.29 is 19.1 Å². The molecule has 0 aliphatic heterocycles. The van der Waals surface area contributed by atoms with Crippen LogP contribution in [0.15, 0.2) is 58.5 Å². The van der Waals surface area contributed by atoms with Gasteiger partial charge in [0.25, 0.3) is 5.91 Å². The predicted octanol–water partition coefficient (Wildman–Crippen LogP) is 5.81. The largest absolute Gasteiger partial charge is 0.478 e. The number of hydrogen-bond acceptors (Lipinski definition) is 4. The molecule has 6 nitrogen and oxygen atoms in total. The van der Waals surface area contributed by atoms with Crippen LogP contribution in [0.1, 0.15) is 21.7 Å². The van der Waals surface area contributed by atoms with Gasteiger partial charge >= 0.3 is 5.97 Å².